The van der Waals surface area contributed by atoms with Crippen molar-refractivity contribution in [2.75, 3.05) is 7.11 Å². The predicted molar refractivity (Wildman–Crippen MR) is 88.8 cm³/mol. The van der Waals surface area contributed by atoms with Gasteiger partial charge in [0.1, 0.15) is 11.5 Å². The number of thiazole rings is 1. The second kappa shape index (κ2) is 7.09. The van der Waals surface area contributed by atoms with Gasteiger partial charge in [-0.2, -0.15) is 0 Å². The lowest BCUT2D eigenvalue weighted by Gasteiger charge is -2.10. The van der Waals surface area contributed by atoms with Crippen molar-refractivity contribution >= 4 is 23.5 Å². The quantitative estimate of drug-likeness (QED) is 0.825. The van der Waals surface area contributed by atoms with Gasteiger partial charge in [0.25, 0.3) is 0 Å². The second-order valence-corrected chi connectivity index (χ2v) is 5.86. The summed E-state index contributed by atoms with van der Waals surface area (Å²) in [4.78, 5) is 5.10. The molecule has 1 heterocycles. The van der Waals surface area contributed by atoms with Crippen molar-refractivity contribution < 1.29 is 9.84 Å². The van der Waals surface area contributed by atoms with E-state index in [0.717, 1.165) is 16.0 Å². The van der Waals surface area contributed by atoms with E-state index in [0.29, 0.717) is 12.2 Å². The zero-order chi connectivity index (χ0) is 15.2. The number of rotatable bonds is 5. The molecular weight excluding hydrogens is 282 g/mol. The molecule has 0 saturated heterocycles. The van der Waals surface area contributed by atoms with Crippen molar-refractivity contribution in [1.29, 1.82) is 0 Å². The second-order valence-electron chi connectivity index (χ2n) is 4.94. The Morgan fingerprint density at radius 2 is 2.14 bits per heavy atom. The zero-order valence-electron chi connectivity index (χ0n) is 12.5. The number of aromatic nitrogens is 1. The van der Waals surface area contributed by atoms with E-state index < -0.39 is 0 Å². The fourth-order valence-corrected chi connectivity index (χ4v) is 2.44. The summed E-state index contributed by atoms with van der Waals surface area (Å²) in [6.07, 6.45) is 8.46. The summed E-state index contributed by atoms with van der Waals surface area (Å²) in [6, 6.07) is 3.69. The van der Waals surface area contributed by atoms with Gasteiger partial charge in [-0.15, -0.1) is 11.3 Å². The summed E-state index contributed by atoms with van der Waals surface area (Å²) < 4.78 is 5.40. The standard InChI is InChI=1S/C17H19NO2S/c1-12(2)4-7-15-16(19)8-13(9-17(15)20-3)5-6-14-10-18-11-21-14/h4-6,8-11,19H,7H2,1-3H3/b6-5+. The van der Waals surface area contributed by atoms with Crippen LogP contribution in [0.4, 0.5) is 0 Å². The van der Waals surface area contributed by atoms with Gasteiger partial charge in [0.2, 0.25) is 0 Å². The van der Waals surface area contributed by atoms with Crippen molar-refractivity contribution in [3.63, 3.8) is 0 Å². The molecule has 4 heteroatoms. The van der Waals surface area contributed by atoms with Crippen LogP contribution in [0.2, 0.25) is 0 Å². The maximum Gasteiger partial charge on any atom is 0.126 e. The fraction of sp³-hybridized carbons (Fsp3) is 0.235. The van der Waals surface area contributed by atoms with E-state index in [9.17, 15) is 5.11 Å². The number of nitrogens with zero attached hydrogens (tertiary/aromatic N) is 1. The molecule has 3 nitrogen and oxygen atoms in total. The molecule has 1 N–H and O–H groups in total. The molecule has 0 saturated carbocycles. The zero-order valence-corrected chi connectivity index (χ0v) is 13.3. The minimum absolute atomic E-state index is 0.260. The SMILES string of the molecule is COc1cc(/C=C/c2cncs2)cc(O)c1CC=C(C)C. The molecule has 2 aromatic rings. The highest BCUT2D eigenvalue weighted by molar-refractivity contribution is 7.10. The van der Waals surface area contributed by atoms with Crippen LogP contribution in [-0.2, 0) is 6.42 Å². The lowest BCUT2D eigenvalue weighted by Crippen LogP contribution is -1.93. The van der Waals surface area contributed by atoms with Gasteiger partial charge in [-0.3, -0.25) is 4.98 Å². The molecule has 0 aliphatic rings. The molecule has 0 fully saturated rings. The number of aromatic hydroxyl groups is 1. The van der Waals surface area contributed by atoms with Crippen LogP contribution >= 0.6 is 11.3 Å². The van der Waals surface area contributed by atoms with E-state index >= 15 is 0 Å². The number of hydrogen-bond acceptors (Lipinski definition) is 4. The molecule has 0 spiro atoms. The normalized spacial score (nSPS) is 10.8. The largest absolute Gasteiger partial charge is 0.507 e. The Balaban J connectivity index is 2.29. The van der Waals surface area contributed by atoms with E-state index in [1.807, 2.05) is 32.1 Å². The average molecular weight is 301 g/mol. The Kier molecular flexibility index (Phi) is 5.17. The Morgan fingerprint density at radius 3 is 2.76 bits per heavy atom. The summed E-state index contributed by atoms with van der Waals surface area (Å²) in [5, 5.41) is 10.2. The molecule has 0 aliphatic heterocycles. The molecule has 110 valence electrons. The van der Waals surface area contributed by atoms with Crippen LogP contribution in [0.5, 0.6) is 11.5 Å². The average Bonchev–Trinajstić information content (AvgIpc) is 2.96. The van der Waals surface area contributed by atoms with E-state index in [-0.39, 0.29) is 5.75 Å². The molecule has 21 heavy (non-hydrogen) atoms. The van der Waals surface area contributed by atoms with E-state index in [2.05, 4.69) is 11.1 Å². The first-order valence-corrected chi connectivity index (χ1v) is 7.58. The third-order valence-corrected chi connectivity index (χ3v) is 3.77. The first-order chi connectivity index (χ1) is 10.1. The Morgan fingerprint density at radius 1 is 1.33 bits per heavy atom. The predicted octanol–water partition coefficient (Wildman–Crippen LogP) is 4.54. The van der Waals surface area contributed by atoms with Gasteiger partial charge in [-0.05, 0) is 44.0 Å². The van der Waals surface area contributed by atoms with Gasteiger partial charge in [-0.1, -0.05) is 17.7 Å². The minimum Gasteiger partial charge on any atom is -0.507 e. The van der Waals surface area contributed by atoms with Crippen LogP contribution < -0.4 is 4.74 Å². The van der Waals surface area contributed by atoms with Gasteiger partial charge in [0.15, 0.2) is 0 Å². The maximum atomic E-state index is 10.2. The van der Waals surface area contributed by atoms with Gasteiger partial charge in [0.05, 0.1) is 12.6 Å². The first-order valence-electron chi connectivity index (χ1n) is 6.70. The summed E-state index contributed by atoms with van der Waals surface area (Å²) in [5.41, 5.74) is 4.72. The summed E-state index contributed by atoms with van der Waals surface area (Å²) in [7, 11) is 1.62. The summed E-state index contributed by atoms with van der Waals surface area (Å²) >= 11 is 1.57. The number of methoxy groups -OCH3 is 1. The van der Waals surface area contributed by atoms with Crippen molar-refractivity contribution in [3.8, 4) is 11.5 Å². The molecule has 0 aliphatic carbocycles. The van der Waals surface area contributed by atoms with Gasteiger partial charge in [0, 0.05) is 16.6 Å². The molecule has 0 amide bonds. The summed E-state index contributed by atoms with van der Waals surface area (Å²) in [5.74, 6) is 0.965. The maximum absolute atomic E-state index is 10.2. The molecule has 0 unspecified atom stereocenters. The minimum atomic E-state index is 0.260. The topological polar surface area (TPSA) is 42.4 Å². The Hall–Kier alpha value is -2.07. The van der Waals surface area contributed by atoms with Crippen molar-refractivity contribution in [3.05, 3.63) is 51.5 Å². The van der Waals surface area contributed by atoms with Gasteiger partial charge >= 0.3 is 0 Å². The van der Waals surface area contributed by atoms with Crippen molar-refractivity contribution in [2.45, 2.75) is 20.3 Å². The van der Waals surface area contributed by atoms with E-state index in [4.69, 9.17) is 4.74 Å². The van der Waals surface area contributed by atoms with Crippen LogP contribution in [0, 0.1) is 0 Å². The Bertz CT molecular complexity index is 654. The number of phenols is 1. The fourth-order valence-electron chi connectivity index (χ4n) is 1.93. The highest BCUT2D eigenvalue weighted by atomic mass is 32.1. The third kappa shape index (κ3) is 4.20. The van der Waals surface area contributed by atoms with Crippen molar-refractivity contribution in [1.82, 2.24) is 4.98 Å². The molecule has 0 bridgehead atoms. The van der Waals surface area contributed by atoms with Crippen molar-refractivity contribution in [2.24, 2.45) is 0 Å². The molecule has 0 radical (unpaired) electrons. The number of hydrogen-bond donors (Lipinski definition) is 1. The van der Waals surface area contributed by atoms with Crippen LogP contribution in [0.1, 0.15) is 29.9 Å². The van der Waals surface area contributed by atoms with E-state index in [1.54, 1.807) is 36.2 Å². The lowest BCUT2D eigenvalue weighted by atomic mass is 10.0. The van der Waals surface area contributed by atoms with Crippen LogP contribution in [-0.4, -0.2) is 17.2 Å². The Labute approximate surface area is 129 Å². The smallest absolute Gasteiger partial charge is 0.126 e. The van der Waals surface area contributed by atoms with Crippen LogP contribution in [0.25, 0.3) is 12.2 Å². The number of ether oxygens (including phenoxy) is 1. The summed E-state index contributed by atoms with van der Waals surface area (Å²) in [6.45, 7) is 4.07. The molecule has 0 atom stereocenters. The lowest BCUT2D eigenvalue weighted by molar-refractivity contribution is 0.401. The molecule has 2 rings (SSSR count). The van der Waals surface area contributed by atoms with E-state index in [1.165, 1.54) is 5.57 Å². The number of benzene rings is 1. The molecule has 1 aromatic heterocycles. The molecule has 1 aromatic carbocycles. The van der Waals surface area contributed by atoms with Crippen LogP contribution in [0.3, 0.4) is 0 Å². The van der Waals surface area contributed by atoms with Gasteiger partial charge < -0.3 is 9.84 Å². The highest BCUT2D eigenvalue weighted by Gasteiger charge is 2.09. The molecular formula is C17H19NO2S. The number of allylic oxidation sites excluding steroid dienone is 2. The van der Waals surface area contributed by atoms with Gasteiger partial charge in [-0.25, -0.2) is 0 Å². The highest BCUT2D eigenvalue weighted by Crippen LogP contribution is 2.31. The third-order valence-electron chi connectivity index (χ3n) is 3.03. The van der Waals surface area contributed by atoms with Crippen LogP contribution in [0.15, 0.2) is 35.5 Å². The number of phenolic OH excluding ortho intramolecular Hbond substituents is 1. The monoisotopic (exact) mass is 301 g/mol. The first kappa shape index (κ1) is 15.3.